The molecule has 3 aromatic carbocycles. The van der Waals surface area contributed by atoms with Crippen LogP contribution in [-0.2, 0) is 45.6 Å². The van der Waals surface area contributed by atoms with E-state index in [1.54, 1.807) is 18.2 Å². The van der Waals surface area contributed by atoms with Crippen LogP contribution in [0.5, 0.6) is 0 Å². The Morgan fingerprint density at radius 3 is 2.35 bits per heavy atom. The van der Waals surface area contributed by atoms with Crippen LogP contribution < -0.4 is 10.0 Å². The van der Waals surface area contributed by atoms with Gasteiger partial charge in [0.2, 0.25) is 11.8 Å². The molecule has 48 heavy (non-hydrogen) atoms. The number of hydrogen-bond acceptors (Lipinski definition) is 7. The van der Waals surface area contributed by atoms with Gasteiger partial charge in [-0.25, -0.2) is 18.1 Å². The fraction of sp³-hybridized carbons (Fsp3) is 0.361. The lowest BCUT2D eigenvalue weighted by molar-refractivity contribution is -0.124. The predicted octanol–water partition coefficient (Wildman–Crippen LogP) is 5.97. The maximum Gasteiger partial charge on any atom is 0.264 e. The van der Waals surface area contributed by atoms with E-state index < -0.39 is 15.9 Å². The number of nitrogens with one attached hydrogen (secondary N) is 2. The van der Waals surface area contributed by atoms with Crippen LogP contribution in [-0.4, -0.2) is 47.2 Å². The van der Waals surface area contributed by atoms with E-state index in [1.807, 2.05) is 59.2 Å². The van der Waals surface area contributed by atoms with Gasteiger partial charge in [-0.05, 0) is 48.4 Å². The Balaban J connectivity index is 1.33. The van der Waals surface area contributed by atoms with Crippen LogP contribution >= 0.6 is 24.2 Å². The molecule has 9 nitrogen and oxygen atoms in total. The Bertz CT molecular complexity index is 1760. The lowest BCUT2D eigenvalue weighted by Gasteiger charge is -2.15. The van der Waals surface area contributed by atoms with Crippen LogP contribution in [0.3, 0.4) is 0 Å². The molecule has 4 aromatic rings. The van der Waals surface area contributed by atoms with E-state index in [0.29, 0.717) is 60.1 Å². The maximum atomic E-state index is 13.3. The largest absolute Gasteiger partial charge is 0.390 e. The van der Waals surface area contributed by atoms with E-state index >= 15 is 0 Å². The number of carbonyl (C=O) groups excluding carboxylic acids is 2. The number of sulfonamides is 1. The van der Waals surface area contributed by atoms with Crippen molar-refractivity contribution >= 4 is 46.1 Å². The van der Waals surface area contributed by atoms with Crippen molar-refractivity contribution < 1.29 is 23.1 Å². The minimum atomic E-state index is -4.15. The van der Waals surface area contributed by atoms with E-state index in [2.05, 4.69) is 34.6 Å². The highest BCUT2D eigenvalue weighted by atomic mass is 35.5. The Kier molecular flexibility index (Phi) is 14.1. The van der Waals surface area contributed by atoms with E-state index in [-0.39, 0.29) is 29.7 Å². The Hall–Kier alpha value is -3.64. The lowest BCUT2D eigenvalue weighted by Crippen LogP contribution is -2.34. The van der Waals surface area contributed by atoms with Gasteiger partial charge in [0.1, 0.15) is 5.82 Å². The van der Waals surface area contributed by atoms with E-state index in [4.69, 9.17) is 11.6 Å². The average molecular weight is 711 g/mol. The smallest absolute Gasteiger partial charge is 0.264 e. The topological polar surface area (TPSA) is 130 Å². The molecule has 256 valence electrons. The zero-order chi connectivity index (χ0) is 34.5. The quantitative estimate of drug-likeness (QED) is 0.0744. The molecule has 0 aliphatic rings. The monoisotopic (exact) mass is 710 g/mol. The summed E-state index contributed by atoms with van der Waals surface area (Å²) in [6, 6.07) is 23.8. The van der Waals surface area contributed by atoms with Gasteiger partial charge in [0.15, 0.2) is 5.15 Å². The summed E-state index contributed by atoms with van der Waals surface area (Å²) in [6.07, 6.45) is 4.23. The summed E-state index contributed by atoms with van der Waals surface area (Å²) in [5.74, 6) is 0.259. The van der Waals surface area contributed by atoms with Gasteiger partial charge in [0.25, 0.3) is 10.0 Å². The number of benzene rings is 3. The van der Waals surface area contributed by atoms with Crippen molar-refractivity contribution in [2.45, 2.75) is 69.9 Å². The fourth-order valence-electron chi connectivity index (χ4n) is 5.44. The van der Waals surface area contributed by atoms with Crippen LogP contribution in [0.25, 0.3) is 11.1 Å². The number of thiol groups is 1. The Morgan fingerprint density at radius 1 is 0.958 bits per heavy atom. The van der Waals surface area contributed by atoms with Gasteiger partial charge in [-0.15, -0.1) is 0 Å². The second kappa shape index (κ2) is 18.2. The number of halogens is 1. The van der Waals surface area contributed by atoms with Gasteiger partial charge >= 0.3 is 0 Å². The molecular formula is C36H43ClN4O5S2. The van der Waals surface area contributed by atoms with Gasteiger partial charge in [-0.1, -0.05) is 97.7 Å². The molecular weight excluding hydrogens is 668 g/mol. The third-order valence-electron chi connectivity index (χ3n) is 8.08. The van der Waals surface area contributed by atoms with Gasteiger partial charge in [0, 0.05) is 37.2 Å². The SMILES string of the molecule is CCCCc1nc(Cl)c(CO)n1Cc1ccc(-c2ccccc2S(=O)(=O)NC(=O)CCCCNC(=O)C(CS)Cc2ccccc2)cc1. The third-order valence-corrected chi connectivity index (χ3v) is 10.3. The normalized spacial score (nSPS) is 12.1. The zero-order valence-electron chi connectivity index (χ0n) is 27.1. The highest BCUT2D eigenvalue weighted by Gasteiger charge is 2.22. The molecule has 1 atom stereocenters. The number of amides is 2. The molecule has 0 radical (unpaired) electrons. The highest BCUT2D eigenvalue weighted by molar-refractivity contribution is 7.90. The van der Waals surface area contributed by atoms with E-state index in [1.165, 1.54) is 6.07 Å². The molecule has 1 aromatic heterocycles. The molecule has 0 fully saturated rings. The lowest BCUT2D eigenvalue weighted by atomic mass is 10.00. The predicted molar refractivity (Wildman–Crippen MR) is 192 cm³/mol. The van der Waals surface area contributed by atoms with Gasteiger partial charge < -0.3 is 15.0 Å². The first-order valence-corrected chi connectivity index (χ1v) is 18.7. The molecule has 0 aliphatic heterocycles. The van der Waals surface area contributed by atoms with E-state index in [0.717, 1.165) is 36.2 Å². The molecule has 1 heterocycles. The second-order valence-electron chi connectivity index (χ2n) is 11.7. The van der Waals surface area contributed by atoms with Gasteiger partial charge in [-0.3, -0.25) is 9.59 Å². The van der Waals surface area contributed by atoms with Crippen molar-refractivity contribution in [3.05, 3.63) is 107 Å². The van der Waals surface area contributed by atoms with Crippen molar-refractivity contribution in [3.8, 4) is 11.1 Å². The number of hydrogen-bond donors (Lipinski definition) is 4. The average Bonchev–Trinajstić information content (AvgIpc) is 3.39. The number of aliphatic hydroxyl groups excluding tert-OH is 1. The number of unbranched alkanes of at least 4 members (excludes halogenated alkanes) is 2. The summed E-state index contributed by atoms with van der Waals surface area (Å²) in [5.41, 5.74) is 3.69. The fourth-order valence-corrected chi connectivity index (χ4v) is 7.24. The van der Waals surface area contributed by atoms with Crippen molar-refractivity contribution in [2.75, 3.05) is 12.3 Å². The third kappa shape index (κ3) is 10.2. The summed E-state index contributed by atoms with van der Waals surface area (Å²) in [5, 5.41) is 13.1. The second-order valence-corrected chi connectivity index (χ2v) is 14.0. The molecule has 0 bridgehead atoms. The molecule has 12 heteroatoms. The highest BCUT2D eigenvalue weighted by Crippen LogP contribution is 2.28. The number of aryl methyl sites for hydroxylation is 1. The summed E-state index contributed by atoms with van der Waals surface area (Å²) >= 11 is 10.6. The van der Waals surface area contributed by atoms with Crippen molar-refractivity contribution in [1.29, 1.82) is 0 Å². The van der Waals surface area contributed by atoms with Crippen LogP contribution in [0, 0.1) is 5.92 Å². The zero-order valence-corrected chi connectivity index (χ0v) is 29.5. The Labute approximate surface area is 293 Å². The van der Waals surface area contributed by atoms with Gasteiger partial charge in [-0.2, -0.15) is 12.6 Å². The molecule has 0 saturated heterocycles. The Morgan fingerprint density at radius 2 is 1.67 bits per heavy atom. The molecule has 0 spiro atoms. The molecule has 2 amide bonds. The first-order chi connectivity index (χ1) is 23.2. The molecule has 1 unspecified atom stereocenters. The summed E-state index contributed by atoms with van der Waals surface area (Å²) < 4.78 is 30.8. The number of aromatic nitrogens is 2. The molecule has 0 saturated carbocycles. The first kappa shape index (κ1) is 37.2. The number of aliphatic hydroxyl groups is 1. The number of imidazole rings is 1. The molecule has 3 N–H and O–H groups in total. The van der Waals surface area contributed by atoms with Gasteiger partial charge in [0.05, 0.1) is 23.1 Å². The van der Waals surface area contributed by atoms with Crippen molar-refractivity contribution in [3.63, 3.8) is 0 Å². The number of carbonyl (C=O) groups is 2. The van der Waals surface area contributed by atoms with Crippen LogP contribution in [0.15, 0.2) is 83.8 Å². The number of rotatable bonds is 18. The van der Waals surface area contributed by atoms with Crippen molar-refractivity contribution in [2.24, 2.45) is 5.92 Å². The number of nitrogens with zero attached hydrogens (tertiary/aromatic N) is 2. The van der Waals surface area contributed by atoms with Crippen LogP contribution in [0.4, 0.5) is 0 Å². The van der Waals surface area contributed by atoms with E-state index in [9.17, 15) is 23.1 Å². The first-order valence-electron chi connectivity index (χ1n) is 16.2. The minimum absolute atomic E-state index is 0.000312. The molecule has 4 rings (SSSR count). The summed E-state index contributed by atoms with van der Waals surface area (Å²) in [6.45, 7) is 2.71. The maximum absolute atomic E-state index is 13.3. The minimum Gasteiger partial charge on any atom is -0.390 e. The summed E-state index contributed by atoms with van der Waals surface area (Å²) in [4.78, 5) is 29.7. The molecule has 0 aliphatic carbocycles. The van der Waals surface area contributed by atoms with Crippen LogP contribution in [0.1, 0.15) is 61.7 Å². The van der Waals surface area contributed by atoms with Crippen molar-refractivity contribution in [1.82, 2.24) is 19.6 Å². The van der Waals surface area contributed by atoms with Crippen LogP contribution in [0.2, 0.25) is 5.15 Å². The summed E-state index contributed by atoms with van der Waals surface area (Å²) in [7, 11) is -4.15. The standard InChI is InChI=1S/C36H43ClN4O5S2/c1-2-3-15-33-39-35(37)31(24-42)41(33)23-27-17-19-28(20-18-27)30-13-7-8-14-32(30)48(45,46)40-34(43)16-9-10-21-38-36(44)29(25-47)22-26-11-5-4-6-12-26/h4-8,11-14,17-20,29,42,47H,2-3,9-10,15-16,21-25H2,1H3,(H,38,44)(H,40,43).